The average molecular weight is 425 g/mol. The van der Waals surface area contributed by atoms with Crippen LogP contribution in [0.2, 0.25) is 0 Å². The number of hydrogen-bond donors (Lipinski definition) is 1. The van der Waals surface area contributed by atoms with Gasteiger partial charge in [0.2, 0.25) is 11.8 Å². The van der Waals surface area contributed by atoms with Crippen LogP contribution in [0.25, 0.3) is 10.2 Å². The van der Waals surface area contributed by atoms with Gasteiger partial charge < -0.3 is 15.1 Å². The number of anilines is 3. The van der Waals surface area contributed by atoms with Crippen LogP contribution < -0.4 is 15.1 Å². The van der Waals surface area contributed by atoms with Crippen molar-refractivity contribution in [3.8, 4) is 0 Å². The molecule has 2 amide bonds. The molecular weight excluding hydrogens is 403 g/mol. The summed E-state index contributed by atoms with van der Waals surface area (Å²) in [5, 5.41) is 3.21. The SMILES string of the molecule is O=C(Nc1nc2ccc(F)cc2s1)C1CC(=O)N(c2ccc(N3CCCC3)cc2)C1. The van der Waals surface area contributed by atoms with Crippen LogP contribution in [0.3, 0.4) is 0 Å². The van der Waals surface area contributed by atoms with E-state index < -0.39 is 5.92 Å². The summed E-state index contributed by atoms with van der Waals surface area (Å²) in [6.07, 6.45) is 2.60. The molecule has 2 saturated heterocycles. The standard InChI is InChI=1S/C22H21FN4O2S/c23-15-3-8-18-19(12-15)30-22(24-18)25-21(29)14-11-20(28)27(13-14)17-6-4-16(5-7-17)26-9-1-2-10-26/h3-8,12,14H,1-2,9-11,13H2,(H,24,25,29). The highest BCUT2D eigenvalue weighted by atomic mass is 32.1. The molecule has 3 heterocycles. The molecule has 1 atom stereocenters. The molecule has 0 spiro atoms. The Morgan fingerprint density at radius 2 is 1.83 bits per heavy atom. The molecule has 6 nitrogen and oxygen atoms in total. The molecular formula is C22H21FN4O2S. The average Bonchev–Trinajstić information content (AvgIpc) is 3.47. The maximum atomic E-state index is 13.4. The Kier molecular flexibility index (Phi) is 4.86. The first kappa shape index (κ1) is 19.0. The van der Waals surface area contributed by atoms with Crippen LogP contribution in [0.4, 0.5) is 20.9 Å². The van der Waals surface area contributed by atoms with Crippen molar-refractivity contribution in [3.05, 3.63) is 48.3 Å². The third-order valence-electron chi connectivity index (χ3n) is 5.71. The third-order valence-corrected chi connectivity index (χ3v) is 6.64. The van der Waals surface area contributed by atoms with Gasteiger partial charge >= 0.3 is 0 Å². The molecule has 2 aromatic carbocycles. The van der Waals surface area contributed by atoms with Gasteiger partial charge in [-0.25, -0.2) is 9.37 Å². The van der Waals surface area contributed by atoms with Crippen LogP contribution in [0, 0.1) is 11.7 Å². The number of fused-ring (bicyclic) bond motifs is 1. The van der Waals surface area contributed by atoms with Gasteiger partial charge in [0.25, 0.3) is 0 Å². The fraction of sp³-hybridized carbons (Fsp3) is 0.318. The van der Waals surface area contributed by atoms with Crippen molar-refractivity contribution in [2.75, 3.05) is 34.8 Å². The highest BCUT2D eigenvalue weighted by Crippen LogP contribution is 2.30. The third kappa shape index (κ3) is 3.63. The van der Waals surface area contributed by atoms with Crippen LogP contribution in [0.1, 0.15) is 19.3 Å². The van der Waals surface area contributed by atoms with Gasteiger partial charge in [-0.15, -0.1) is 0 Å². The van der Waals surface area contributed by atoms with Crippen molar-refractivity contribution in [1.82, 2.24) is 4.98 Å². The number of aromatic nitrogens is 1. The lowest BCUT2D eigenvalue weighted by atomic mass is 10.1. The van der Waals surface area contributed by atoms with Gasteiger partial charge in [0.05, 0.1) is 16.1 Å². The van der Waals surface area contributed by atoms with E-state index in [1.165, 1.54) is 42.0 Å². The predicted molar refractivity (Wildman–Crippen MR) is 117 cm³/mol. The first-order chi connectivity index (χ1) is 14.6. The summed E-state index contributed by atoms with van der Waals surface area (Å²) in [5.41, 5.74) is 2.62. The molecule has 2 aliphatic rings. The number of benzene rings is 2. The van der Waals surface area contributed by atoms with E-state index in [2.05, 4.69) is 15.2 Å². The number of thiazole rings is 1. The topological polar surface area (TPSA) is 65.5 Å². The zero-order chi connectivity index (χ0) is 20.7. The molecule has 3 aromatic rings. The summed E-state index contributed by atoms with van der Waals surface area (Å²) in [5.74, 6) is -1.08. The maximum absolute atomic E-state index is 13.4. The van der Waals surface area contributed by atoms with Gasteiger partial charge in [-0.2, -0.15) is 0 Å². The first-order valence-corrected chi connectivity index (χ1v) is 10.9. The second-order valence-electron chi connectivity index (χ2n) is 7.74. The van der Waals surface area contributed by atoms with E-state index in [0.29, 0.717) is 21.9 Å². The summed E-state index contributed by atoms with van der Waals surface area (Å²) in [6.45, 7) is 2.48. The van der Waals surface area contributed by atoms with E-state index in [9.17, 15) is 14.0 Å². The molecule has 0 bridgehead atoms. The zero-order valence-corrected chi connectivity index (χ0v) is 17.1. The Hall–Kier alpha value is -3.00. The lowest BCUT2D eigenvalue weighted by Gasteiger charge is -2.20. The number of amides is 2. The molecule has 154 valence electrons. The van der Waals surface area contributed by atoms with Gasteiger partial charge in [0.1, 0.15) is 5.82 Å². The van der Waals surface area contributed by atoms with Crippen LogP contribution in [0.5, 0.6) is 0 Å². The quantitative estimate of drug-likeness (QED) is 0.687. The molecule has 0 radical (unpaired) electrons. The number of nitrogens with one attached hydrogen (secondary N) is 1. The van der Waals surface area contributed by atoms with E-state index in [1.54, 1.807) is 11.0 Å². The van der Waals surface area contributed by atoms with Crippen molar-refractivity contribution in [2.45, 2.75) is 19.3 Å². The second kappa shape index (κ2) is 7.68. The molecule has 0 saturated carbocycles. The van der Waals surface area contributed by atoms with E-state index >= 15 is 0 Å². The van der Waals surface area contributed by atoms with Crippen LogP contribution in [0.15, 0.2) is 42.5 Å². The largest absolute Gasteiger partial charge is 0.372 e. The van der Waals surface area contributed by atoms with Gasteiger partial charge in [-0.05, 0) is 55.3 Å². The molecule has 2 aliphatic heterocycles. The summed E-state index contributed by atoms with van der Waals surface area (Å²) in [4.78, 5) is 33.6. The number of halogens is 1. The van der Waals surface area contributed by atoms with Gasteiger partial charge in [-0.1, -0.05) is 11.3 Å². The molecule has 2 fully saturated rings. The van der Waals surface area contributed by atoms with Crippen molar-refractivity contribution >= 4 is 49.9 Å². The summed E-state index contributed by atoms with van der Waals surface area (Å²) >= 11 is 1.22. The Bertz CT molecular complexity index is 1110. The molecule has 30 heavy (non-hydrogen) atoms. The van der Waals surface area contributed by atoms with E-state index in [1.807, 2.05) is 24.3 Å². The number of rotatable bonds is 4. The molecule has 5 rings (SSSR count). The second-order valence-corrected chi connectivity index (χ2v) is 8.77. The smallest absolute Gasteiger partial charge is 0.231 e. The lowest BCUT2D eigenvalue weighted by molar-refractivity contribution is -0.122. The highest BCUT2D eigenvalue weighted by Gasteiger charge is 2.35. The van der Waals surface area contributed by atoms with Gasteiger partial charge in [-0.3, -0.25) is 9.59 Å². The Morgan fingerprint density at radius 3 is 2.60 bits per heavy atom. The number of carbonyl (C=O) groups excluding carboxylic acids is 2. The number of hydrogen-bond acceptors (Lipinski definition) is 5. The molecule has 1 unspecified atom stereocenters. The normalized spacial score (nSPS) is 19.1. The van der Waals surface area contributed by atoms with Gasteiger partial charge in [0.15, 0.2) is 5.13 Å². The van der Waals surface area contributed by atoms with E-state index in [0.717, 1.165) is 18.8 Å². The number of nitrogens with zero attached hydrogens (tertiary/aromatic N) is 3. The minimum absolute atomic E-state index is 0.0598. The fourth-order valence-electron chi connectivity index (χ4n) is 4.11. The summed E-state index contributed by atoms with van der Waals surface area (Å²) in [7, 11) is 0. The van der Waals surface area contributed by atoms with Crippen molar-refractivity contribution in [2.24, 2.45) is 5.92 Å². The molecule has 0 aliphatic carbocycles. The summed E-state index contributed by atoms with van der Waals surface area (Å²) < 4.78 is 14.0. The fourth-order valence-corrected chi connectivity index (χ4v) is 5.00. The molecule has 1 aromatic heterocycles. The maximum Gasteiger partial charge on any atom is 0.231 e. The Morgan fingerprint density at radius 1 is 1.10 bits per heavy atom. The number of carbonyl (C=O) groups is 2. The van der Waals surface area contributed by atoms with Crippen LogP contribution >= 0.6 is 11.3 Å². The minimum Gasteiger partial charge on any atom is -0.372 e. The van der Waals surface area contributed by atoms with Crippen LogP contribution in [-0.2, 0) is 9.59 Å². The van der Waals surface area contributed by atoms with Crippen molar-refractivity contribution in [3.63, 3.8) is 0 Å². The van der Waals surface area contributed by atoms with E-state index in [-0.39, 0.29) is 24.1 Å². The van der Waals surface area contributed by atoms with Crippen molar-refractivity contribution < 1.29 is 14.0 Å². The Balaban J connectivity index is 1.26. The highest BCUT2D eigenvalue weighted by molar-refractivity contribution is 7.22. The summed E-state index contributed by atoms with van der Waals surface area (Å²) in [6, 6.07) is 12.3. The Labute approximate surface area is 177 Å². The minimum atomic E-state index is -0.445. The van der Waals surface area contributed by atoms with Crippen molar-refractivity contribution in [1.29, 1.82) is 0 Å². The van der Waals surface area contributed by atoms with E-state index in [4.69, 9.17) is 0 Å². The van der Waals surface area contributed by atoms with Crippen LogP contribution in [-0.4, -0.2) is 36.4 Å². The first-order valence-electron chi connectivity index (χ1n) is 10.1. The monoisotopic (exact) mass is 424 g/mol. The zero-order valence-electron chi connectivity index (χ0n) is 16.3. The van der Waals surface area contributed by atoms with Gasteiger partial charge in [0, 0.05) is 37.4 Å². The predicted octanol–water partition coefficient (Wildman–Crippen LogP) is 4.03. The lowest BCUT2D eigenvalue weighted by Crippen LogP contribution is -2.28. The molecule has 1 N–H and O–H groups in total. The molecule has 8 heteroatoms.